The maximum Gasteiger partial charge on any atom is 0.228 e. The maximum atomic E-state index is 12.2. The summed E-state index contributed by atoms with van der Waals surface area (Å²) >= 11 is 11.8. The number of aromatic nitrogens is 1. The van der Waals surface area contributed by atoms with Gasteiger partial charge in [-0.3, -0.25) is 4.79 Å². The van der Waals surface area contributed by atoms with Crippen molar-refractivity contribution in [2.24, 2.45) is 7.05 Å². The van der Waals surface area contributed by atoms with Gasteiger partial charge in [0.05, 0.1) is 16.5 Å². The highest BCUT2D eigenvalue weighted by Gasteiger charge is 2.11. The molecule has 0 radical (unpaired) electrons. The predicted octanol–water partition coefficient (Wildman–Crippen LogP) is 4.67. The number of nitrogens with one attached hydrogen (secondary N) is 1. The lowest BCUT2D eigenvalue weighted by Gasteiger charge is -2.06. The van der Waals surface area contributed by atoms with Crippen LogP contribution in [0.4, 0.5) is 5.69 Å². The van der Waals surface area contributed by atoms with Gasteiger partial charge in [-0.2, -0.15) is 0 Å². The molecule has 0 aliphatic carbocycles. The van der Waals surface area contributed by atoms with E-state index >= 15 is 0 Å². The summed E-state index contributed by atoms with van der Waals surface area (Å²) in [6.07, 6.45) is 2.29. The zero-order valence-corrected chi connectivity index (χ0v) is 13.4. The second-order valence-corrected chi connectivity index (χ2v) is 5.95. The molecule has 1 heterocycles. The molecule has 1 aromatic heterocycles. The SMILES string of the molecule is Cn1cc(CC(=O)Nc2ccc(Cl)c(Cl)c2)c2ccccc21. The summed E-state index contributed by atoms with van der Waals surface area (Å²) in [4.78, 5) is 12.2. The molecule has 3 rings (SSSR count). The zero-order chi connectivity index (χ0) is 15.7. The number of rotatable bonds is 3. The van der Waals surface area contributed by atoms with Gasteiger partial charge in [0.1, 0.15) is 0 Å². The molecule has 5 heteroatoms. The first-order valence-electron chi connectivity index (χ1n) is 6.82. The molecule has 22 heavy (non-hydrogen) atoms. The van der Waals surface area contributed by atoms with E-state index in [4.69, 9.17) is 23.2 Å². The van der Waals surface area contributed by atoms with Crippen molar-refractivity contribution in [2.75, 3.05) is 5.32 Å². The molecule has 0 aliphatic heterocycles. The highest BCUT2D eigenvalue weighted by atomic mass is 35.5. The molecule has 3 aromatic rings. The molecule has 3 nitrogen and oxygen atoms in total. The molecule has 0 unspecified atom stereocenters. The quantitative estimate of drug-likeness (QED) is 0.743. The Balaban J connectivity index is 1.80. The Morgan fingerprint density at radius 3 is 2.68 bits per heavy atom. The third kappa shape index (κ3) is 2.96. The average molecular weight is 333 g/mol. The molecule has 1 N–H and O–H groups in total. The van der Waals surface area contributed by atoms with Gasteiger partial charge in [0.15, 0.2) is 0 Å². The lowest BCUT2D eigenvalue weighted by molar-refractivity contribution is -0.115. The number of hydrogen-bond acceptors (Lipinski definition) is 1. The number of nitrogens with zero attached hydrogens (tertiary/aromatic N) is 1. The molecular weight excluding hydrogens is 319 g/mol. The summed E-state index contributed by atoms with van der Waals surface area (Å²) < 4.78 is 2.02. The van der Waals surface area contributed by atoms with Crippen molar-refractivity contribution in [3.05, 3.63) is 64.3 Å². The van der Waals surface area contributed by atoms with Crippen LogP contribution in [0.3, 0.4) is 0 Å². The first-order chi connectivity index (χ1) is 10.5. The monoisotopic (exact) mass is 332 g/mol. The largest absolute Gasteiger partial charge is 0.350 e. The van der Waals surface area contributed by atoms with Gasteiger partial charge in [-0.15, -0.1) is 0 Å². The van der Waals surface area contributed by atoms with Crippen LogP contribution in [-0.4, -0.2) is 10.5 Å². The zero-order valence-electron chi connectivity index (χ0n) is 11.9. The molecule has 0 bridgehead atoms. The van der Waals surface area contributed by atoms with Crippen LogP contribution in [-0.2, 0) is 18.3 Å². The lowest BCUT2D eigenvalue weighted by atomic mass is 10.1. The van der Waals surface area contributed by atoms with E-state index in [2.05, 4.69) is 5.32 Å². The average Bonchev–Trinajstić information content (AvgIpc) is 2.80. The molecule has 0 saturated carbocycles. The number of anilines is 1. The number of hydrogen-bond donors (Lipinski definition) is 1. The van der Waals surface area contributed by atoms with Crippen molar-refractivity contribution < 1.29 is 4.79 Å². The van der Waals surface area contributed by atoms with E-state index in [1.165, 1.54) is 0 Å². The predicted molar refractivity (Wildman–Crippen MR) is 91.7 cm³/mol. The second-order valence-electron chi connectivity index (χ2n) is 5.14. The van der Waals surface area contributed by atoms with Crippen molar-refractivity contribution >= 4 is 45.7 Å². The van der Waals surface area contributed by atoms with Gasteiger partial charge in [-0.25, -0.2) is 0 Å². The topological polar surface area (TPSA) is 34.0 Å². The number of aryl methyl sites for hydroxylation is 1. The Labute approximate surface area is 138 Å². The van der Waals surface area contributed by atoms with E-state index in [0.717, 1.165) is 16.5 Å². The lowest BCUT2D eigenvalue weighted by Crippen LogP contribution is -2.14. The number of fused-ring (bicyclic) bond motifs is 1. The van der Waals surface area contributed by atoms with Gasteiger partial charge in [-0.05, 0) is 29.8 Å². The van der Waals surface area contributed by atoms with Gasteiger partial charge in [0, 0.05) is 29.8 Å². The van der Waals surface area contributed by atoms with Crippen molar-refractivity contribution in [3.63, 3.8) is 0 Å². The second kappa shape index (κ2) is 6.03. The first kappa shape index (κ1) is 14.9. The van der Waals surface area contributed by atoms with E-state index in [-0.39, 0.29) is 5.91 Å². The minimum atomic E-state index is -0.0882. The van der Waals surface area contributed by atoms with Gasteiger partial charge in [0.2, 0.25) is 5.91 Å². The standard InChI is InChI=1S/C17H14Cl2N2O/c1-21-10-11(13-4-2-3-5-16(13)21)8-17(22)20-12-6-7-14(18)15(19)9-12/h2-7,9-10H,8H2,1H3,(H,20,22). The van der Waals surface area contributed by atoms with Crippen LogP contribution in [0, 0.1) is 0 Å². The van der Waals surface area contributed by atoms with Crippen molar-refractivity contribution in [1.29, 1.82) is 0 Å². The van der Waals surface area contributed by atoms with Crippen LogP contribution in [0.25, 0.3) is 10.9 Å². The number of carbonyl (C=O) groups is 1. The third-order valence-electron chi connectivity index (χ3n) is 3.53. The summed E-state index contributed by atoms with van der Waals surface area (Å²) in [5.41, 5.74) is 2.75. The van der Waals surface area contributed by atoms with E-state index < -0.39 is 0 Å². The van der Waals surface area contributed by atoms with Crippen LogP contribution in [0.5, 0.6) is 0 Å². The van der Waals surface area contributed by atoms with Gasteiger partial charge in [0.25, 0.3) is 0 Å². The molecular formula is C17H14Cl2N2O. The van der Waals surface area contributed by atoms with Gasteiger partial charge in [-0.1, -0.05) is 41.4 Å². The fourth-order valence-electron chi connectivity index (χ4n) is 2.52. The Hall–Kier alpha value is -1.97. The van der Waals surface area contributed by atoms with E-state index in [1.54, 1.807) is 18.2 Å². The Bertz CT molecular complexity index is 855. The van der Waals surface area contributed by atoms with Crippen molar-refractivity contribution in [2.45, 2.75) is 6.42 Å². The highest BCUT2D eigenvalue weighted by molar-refractivity contribution is 6.42. The molecule has 1 amide bonds. The molecule has 0 spiro atoms. The number of benzene rings is 2. The highest BCUT2D eigenvalue weighted by Crippen LogP contribution is 2.25. The van der Waals surface area contributed by atoms with Gasteiger partial charge >= 0.3 is 0 Å². The summed E-state index contributed by atoms with van der Waals surface area (Å²) in [5, 5.41) is 4.82. The summed E-state index contributed by atoms with van der Waals surface area (Å²) in [5.74, 6) is -0.0882. The number of para-hydroxylation sites is 1. The molecule has 0 fully saturated rings. The normalized spacial score (nSPS) is 10.9. The van der Waals surface area contributed by atoms with Gasteiger partial charge < -0.3 is 9.88 Å². The maximum absolute atomic E-state index is 12.2. The minimum absolute atomic E-state index is 0.0882. The van der Waals surface area contributed by atoms with E-state index in [0.29, 0.717) is 22.2 Å². The summed E-state index contributed by atoms with van der Waals surface area (Å²) in [6.45, 7) is 0. The van der Waals surface area contributed by atoms with Crippen LogP contribution in [0.15, 0.2) is 48.7 Å². The fourth-order valence-corrected chi connectivity index (χ4v) is 2.82. The van der Waals surface area contributed by atoms with Crippen LogP contribution in [0.1, 0.15) is 5.56 Å². The minimum Gasteiger partial charge on any atom is -0.350 e. The number of carbonyl (C=O) groups excluding carboxylic acids is 1. The Morgan fingerprint density at radius 2 is 1.91 bits per heavy atom. The van der Waals surface area contributed by atoms with E-state index in [9.17, 15) is 4.79 Å². The molecule has 0 aliphatic rings. The van der Waals surface area contributed by atoms with Crippen LogP contribution >= 0.6 is 23.2 Å². The molecule has 0 atom stereocenters. The molecule has 112 valence electrons. The summed E-state index contributed by atoms with van der Waals surface area (Å²) in [7, 11) is 1.97. The van der Waals surface area contributed by atoms with Crippen molar-refractivity contribution in [1.82, 2.24) is 4.57 Å². The fraction of sp³-hybridized carbons (Fsp3) is 0.118. The Kier molecular flexibility index (Phi) is 4.10. The van der Waals surface area contributed by atoms with Crippen LogP contribution < -0.4 is 5.32 Å². The number of amides is 1. The number of halogens is 2. The Morgan fingerprint density at radius 1 is 1.14 bits per heavy atom. The molecule has 2 aromatic carbocycles. The smallest absolute Gasteiger partial charge is 0.228 e. The van der Waals surface area contributed by atoms with Crippen molar-refractivity contribution in [3.8, 4) is 0 Å². The van der Waals surface area contributed by atoms with Crippen LogP contribution in [0.2, 0.25) is 10.0 Å². The third-order valence-corrected chi connectivity index (χ3v) is 4.27. The molecule has 0 saturated heterocycles. The van der Waals surface area contributed by atoms with E-state index in [1.807, 2.05) is 42.1 Å². The first-order valence-corrected chi connectivity index (χ1v) is 7.58. The summed E-state index contributed by atoms with van der Waals surface area (Å²) in [6, 6.07) is 13.1.